The molecule has 1 N–H and O–H groups in total. The van der Waals surface area contributed by atoms with Crippen LogP contribution in [0, 0.1) is 17.5 Å². The van der Waals surface area contributed by atoms with Crippen LogP contribution in [0.25, 0.3) is 11.1 Å². The maximum atomic E-state index is 13.7. The normalized spacial score (nSPS) is 10.6. The summed E-state index contributed by atoms with van der Waals surface area (Å²) in [6, 6.07) is 5.18. The number of halogens is 4. The summed E-state index contributed by atoms with van der Waals surface area (Å²) in [5.41, 5.74) is -0.437. The Hall–Kier alpha value is -1.49. The fourth-order valence-electron chi connectivity index (χ4n) is 1.51. The van der Waals surface area contributed by atoms with Crippen molar-refractivity contribution in [1.29, 1.82) is 0 Å². The van der Waals surface area contributed by atoms with Gasteiger partial charge in [0.2, 0.25) is 0 Å². The summed E-state index contributed by atoms with van der Waals surface area (Å²) >= 11 is 2.92. The molecule has 0 aliphatic rings. The van der Waals surface area contributed by atoms with E-state index in [1.807, 2.05) is 0 Å². The van der Waals surface area contributed by atoms with Crippen molar-refractivity contribution in [3.05, 3.63) is 52.3 Å². The van der Waals surface area contributed by atoms with Crippen LogP contribution in [0.5, 0.6) is 5.75 Å². The summed E-state index contributed by atoms with van der Waals surface area (Å²) in [4.78, 5) is 0. The molecule has 0 atom stereocenters. The summed E-state index contributed by atoms with van der Waals surface area (Å²) in [6.07, 6.45) is 0. The van der Waals surface area contributed by atoms with Gasteiger partial charge < -0.3 is 5.11 Å². The van der Waals surface area contributed by atoms with Gasteiger partial charge in [0.25, 0.3) is 0 Å². The first-order chi connectivity index (χ1) is 7.99. The average molecular weight is 303 g/mol. The third kappa shape index (κ3) is 2.29. The number of phenols is 1. The number of aromatic hydroxyl groups is 1. The van der Waals surface area contributed by atoms with E-state index in [1.165, 1.54) is 6.07 Å². The van der Waals surface area contributed by atoms with Gasteiger partial charge in [0.05, 0.1) is 10.0 Å². The van der Waals surface area contributed by atoms with E-state index in [-0.39, 0.29) is 15.6 Å². The molecule has 0 aliphatic heterocycles. The van der Waals surface area contributed by atoms with E-state index in [1.54, 1.807) is 0 Å². The van der Waals surface area contributed by atoms with Gasteiger partial charge in [-0.3, -0.25) is 0 Å². The van der Waals surface area contributed by atoms with Gasteiger partial charge >= 0.3 is 0 Å². The second-order valence-corrected chi connectivity index (χ2v) is 4.27. The van der Waals surface area contributed by atoms with E-state index in [0.717, 1.165) is 24.3 Å². The lowest BCUT2D eigenvalue weighted by molar-refractivity contribution is 0.469. The first kappa shape index (κ1) is 12.0. The van der Waals surface area contributed by atoms with Crippen molar-refractivity contribution in [3.63, 3.8) is 0 Å². The highest BCUT2D eigenvalue weighted by molar-refractivity contribution is 9.10. The quantitative estimate of drug-likeness (QED) is 0.781. The van der Waals surface area contributed by atoms with E-state index in [9.17, 15) is 18.3 Å². The summed E-state index contributed by atoms with van der Waals surface area (Å²) in [7, 11) is 0. The highest BCUT2D eigenvalue weighted by atomic mass is 79.9. The number of rotatable bonds is 1. The Bertz CT molecular complexity index is 564. The van der Waals surface area contributed by atoms with E-state index >= 15 is 0 Å². The third-order valence-electron chi connectivity index (χ3n) is 2.22. The molecule has 0 spiro atoms. The summed E-state index contributed by atoms with van der Waals surface area (Å²) in [5.74, 6) is -2.82. The van der Waals surface area contributed by atoms with Gasteiger partial charge in [0.1, 0.15) is 23.2 Å². The van der Waals surface area contributed by atoms with Crippen molar-refractivity contribution in [1.82, 2.24) is 0 Å². The molecule has 0 saturated carbocycles. The van der Waals surface area contributed by atoms with Crippen molar-refractivity contribution in [2.45, 2.75) is 0 Å². The van der Waals surface area contributed by atoms with Crippen LogP contribution in [0.1, 0.15) is 0 Å². The second-order valence-electron chi connectivity index (χ2n) is 3.42. The summed E-state index contributed by atoms with van der Waals surface area (Å²) in [5, 5.41) is 9.21. The van der Waals surface area contributed by atoms with Crippen molar-refractivity contribution < 1.29 is 18.3 Å². The van der Waals surface area contributed by atoms with Gasteiger partial charge in [0.15, 0.2) is 0 Å². The molecule has 5 heteroatoms. The maximum absolute atomic E-state index is 13.7. The minimum atomic E-state index is -0.838. The van der Waals surface area contributed by atoms with Gasteiger partial charge in [-0.1, -0.05) is 0 Å². The van der Waals surface area contributed by atoms with Crippen LogP contribution in [-0.2, 0) is 0 Å². The molecule has 2 aromatic carbocycles. The van der Waals surface area contributed by atoms with E-state index in [0.29, 0.717) is 0 Å². The highest BCUT2D eigenvalue weighted by Gasteiger charge is 2.15. The van der Waals surface area contributed by atoms with Crippen LogP contribution in [0.4, 0.5) is 13.2 Å². The zero-order valence-electron chi connectivity index (χ0n) is 8.35. The van der Waals surface area contributed by atoms with Gasteiger partial charge in [0, 0.05) is 6.07 Å². The topological polar surface area (TPSA) is 20.2 Å². The largest absolute Gasteiger partial charge is 0.508 e. The van der Waals surface area contributed by atoms with Crippen molar-refractivity contribution in [2.75, 3.05) is 0 Å². The molecule has 2 aromatic rings. The molecular formula is C12H6BrF3O. The average Bonchev–Trinajstić information content (AvgIpc) is 2.23. The minimum Gasteiger partial charge on any atom is -0.508 e. The number of hydrogen-bond acceptors (Lipinski definition) is 1. The molecule has 0 radical (unpaired) electrons. The molecule has 0 saturated heterocycles. The van der Waals surface area contributed by atoms with Gasteiger partial charge in [-0.2, -0.15) is 0 Å². The zero-order valence-corrected chi connectivity index (χ0v) is 9.93. The van der Waals surface area contributed by atoms with Crippen LogP contribution in [0.3, 0.4) is 0 Å². The molecule has 0 fully saturated rings. The molecule has 0 unspecified atom stereocenters. The Kier molecular flexibility index (Phi) is 3.11. The second kappa shape index (κ2) is 4.41. The number of benzene rings is 2. The van der Waals surface area contributed by atoms with Crippen molar-refractivity contribution >= 4 is 15.9 Å². The monoisotopic (exact) mass is 302 g/mol. The standard InChI is InChI=1S/C12H6BrF3O/c13-9-1-2-10(15)11(12(9)16)6-3-7(14)5-8(17)4-6/h1-5,17H. The molecule has 2 rings (SSSR count). The Morgan fingerprint density at radius 3 is 2.35 bits per heavy atom. The van der Waals surface area contributed by atoms with Gasteiger partial charge in [-0.15, -0.1) is 0 Å². The molecule has 0 bridgehead atoms. The maximum Gasteiger partial charge on any atom is 0.148 e. The predicted octanol–water partition coefficient (Wildman–Crippen LogP) is 4.24. The first-order valence-electron chi connectivity index (χ1n) is 4.62. The van der Waals surface area contributed by atoms with E-state index in [2.05, 4.69) is 15.9 Å². The van der Waals surface area contributed by atoms with Gasteiger partial charge in [-0.05, 0) is 45.8 Å². The van der Waals surface area contributed by atoms with Crippen molar-refractivity contribution in [2.24, 2.45) is 0 Å². The van der Waals surface area contributed by atoms with Crippen LogP contribution < -0.4 is 0 Å². The Morgan fingerprint density at radius 1 is 1.00 bits per heavy atom. The van der Waals surface area contributed by atoms with Crippen LogP contribution in [-0.4, -0.2) is 5.11 Å². The Labute approximate surface area is 104 Å². The molecule has 0 aliphatic carbocycles. The van der Waals surface area contributed by atoms with Crippen molar-refractivity contribution in [3.8, 4) is 16.9 Å². The molecule has 88 valence electrons. The Balaban J connectivity index is 2.72. The summed E-state index contributed by atoms with van der Waals surface area (Å²) < 4.78 is 40.4. The van der Waals surface area contributed by atoms with Gasteiger partial charge in [-0.25, -0.2) is 13.2 Å². The molecule has 17 heavy (non-hydrogen) atoms. The van der Waals surface area contributed by atoms with Crippen LogP contribution in [0.15, 0.2) is 34.8 Å². The lowest BCUT2D eigenvalue weighted by Crippen LogP contribution is -1.92. The zero-order chi connectivity index (χ0) is 12.6. The van der Waals surface area contributed by atoms with E-state index in [4.69, 9.17) is 0 Å². The predicted molar refractivity (Wildman–Crippen MR) is 61.1 cm³/mol. The van der Waals surface area contributed by atoms with Crippen LogP contribution in [0.2, 0.25) is 0 Å². The molecule has 0 aromatic heterocycles. The molecule has 1 nitrogen and oxygen atoms in total. The van der Waals surface area contributed by atoms with Crippen LogP contribution >= 0.6 is 15.9 Å². The summed E-state index contributed by atoms with van der Waals surface area (Å²) in [6.45, 7) is 0. The molecule has 0 heterocycles. The third-order valence-corrected chi connectivity index (χ3v) is 2.83. The number of hydrogen-bond donors (Lipinski definition) is 1. The fraction of sp³-hybridized carbons (Fsp3) is 0. The molecular weight excluding hydrogens is 297 g/mol. The van der Waals surface area contributed by atoms with E-state index < -0.39 is 23.2 Å². The number of phenolic OH excluding ortho intramolecular Hbond substituents is 1. The lowest BCUT2D eigenvalue weighted by Gasteiger charge is -2.07. The first-order valence-corrected chi connectivity index (χ1v) is 5.42. The minimum absolute atomic E-state index is 0.0567. The smallest absolute Gasteiger partial charge is 0.148 e. The molecule has 0 amide bonds. The Morgan fingerprint density at radius 2 is 1.71 bits per heavy atom. The highest BCUT2D eigenvalue weighted by Crippen LogP contribution is 2.32. The SMILES string of the molecule is Oc1cc(F)cc(-c2c(F)ccc(Br)c2F)c1. The lowest BCUT2D eigenvalue weighted by atomic mass is 10.0. The fourth-order valence-corrected chi connectivity index (χ4v) is 1.84.